The first-order valence-corrected chi connectivity index (χ1v) is 9.16. The third-order valence-electron chi connectivity index (χ3n) is 4.08. The quantitative estimate of drug-likeness (QED) is 0.369. The Kier molecular flexibility index (Phi) is 5.72. The van der Waals surface area contributed by atoms with Gasteiger partial charge in [0, 0.05) is 18.0 Å². The zero-order valence-electron chi connectivity index (χ0n) is 16.1. The van der Waals surface area contributed by atoms with Crippen LogP contribution in [0.25, 0.3) is 11.3 Å². The number of nitrogens with one attached hydrogen (secondary N) is 2. The van der Waals surface area contributed by atoms with Crippen molar-refractivity contribution < 1.29 is 4.74 Å². The van der Waals surface area contributed by atoms with Gasteiger partial charge in [-0.05, 0) is 17.7 Å². The van der Waals surface area contributed by atoms with E-state index in [2.05, 4.69) is 30.5 Å². The van der Waals surface area contributed by atoms with E-state index in [0.29, 0.717) is 17.2 Å². The summed E-state index contributed by atoms with van der Waals surface area (Å²) in [6, 6.07) is 18.1. The molecule has 0 saturated heterocycles. The number of hydrogen-bond donors (Lipinski definition) is 2. The van der Waals surface area contributed by atoms with Gasteiger partial charge in [-0.3, -0.25) is 14.8 Å². The lowest BCUT2D eigenvalue weighted by molar-refractivity contribution is 0.460. The van der Waals surface area contributed by atoms with Crippen molar-refractivity contribution in [3.63, 3.8) is 0 Å². The van der Waals surface area contributed by atoms with E-state index >= 15 is 0 Å². The summed E-state index contributed by atoms with van der Waals surface area (Å²) >= 11 is 0. The molecule has 0 aliphatic rings. The fourth-order valence-corrected chi connectivity index (χ4v) is 2.72. The fraction of sp³-hybridized carbons (Fsp3) is 0. The molecule has 4 aromatic rings. The molecule has 2 N–H and O–H groups in total. The van der Waals surface area contributed by atoms with Gasteiger partial charge in [0.15, 0.2) is 0 Å². The maximum absolute atomic E-state index is 12.3. The first-order valence-electron chi connectivity index (χ1n) is 9.16. The van der Waals surface area contributed by atoms with Crippen molar-refractivity contribution in [3.05, 3.63) is 94.7 Å². The summed E-state index contributed by atoms with van der Waals surface area (Å²) in [4.78, 5) is 27.1. The van der Waals surface area contributed by atoms with Crippen molar-refractivity contribution in [2.24, 2.45) is 5.10 Å². The molecule has 0 aliphatic heterocycles. The second-order valence-corrected chi connectivity index (χ2v) is 6.20. The number of hydrazone groups is 1. The van der Waals surface area contributed by atoms with Crippen LogP contribution in [0.2, 0.25) is 0 Å². The first-order chi connectivity index (χ1) is 15.2. The highest BCUT2D eigenvalue weighted by Gasteiger charge is 2.12. The van der Waals surface area contributed by atoms with Crippen molar-refractivity contribution >= 4 is 12.2 Å². The minimum Gasteiger partial charge on any atom is -0.437 e. The smallest absolute Gasteiger partial charge is 0.270 e. The molecule has 0 amide bonds. The second kappa shape index (κ2) is 9.11. The topological polar surface area (TPSA) is 129 Å². The van der Waals surface area contributed by atoms with E-state index in [1.807, 2.05) is 24.3 Å². The van der Waals surface area contributed by atoms with Crippen molar-refractivity contribution in [2.75, 3.05) is 5.43 Å². The highest BCUT2D eigenvalue weighted by Crippen LogP contribution is 2.20. The zero-order chi connectivity index (χ0) is 21.5. The Morgan fingerprint density at radius 3 is 2.77 bits per heavy atom. The summed E-state index contributed by atoms with van der Waals surface area (Å²) in [6.45, 7) is 0. The van der Waals surface area contributed by atoms with Gasteiger partial charge in [0.25, 0.3) is 5.56 Å². The monoisotopic (exact) mass is 409 g/mol. The normalized spacial score (nSPS) is 10.5. The Balaban J connectivity index is 1.53. The highest BCUT2D eigenvalue weighted by atomic mass is 16.5. The Labute approximate surface area is 176 Å². The Hall–Kier alpha value is -4.84. The minimum atomic E-state index is -0.548. The SMILES string of the molecule is N#Cc1c(-c2ccccc2)nc(NN=Cc2cccc(Oc3cnccn3)c2)[nH]c1=O. The van der Waals surface area contributed by atoms with Crippen molar-refractivity contribution in [3.8, 4) is 29.0 Å². The van der Waals surface area contributed by atoms with Gasteiger partial charge in [0.2, 0.25) is 11.8 Å². The van der Waals surface area contributed by atoms with Crippen LogP contribution in [0.15, 0.2) is 83.1 Å². The number of benzene rings is 2. The highest BCUT2D eigenvalue weighted by molar-refractivity contribution is 5.80. The van der Waals surface area contributed by atoms with Crippen LogP contribution in [-0.2, 0) is 0 Å². The van der Waals surface area contributed by atoms with Crippen LogP contribution in [0, 0.1) is 11.3 Å². The van der Waals surface area contributed by atoms with Gasteiger partial charge in [-0.2, -0.15) is 10.4 Å². The molecule has 0 fully saturated rings. The number of hydrogen-bond acceptors (Lipinski definition) is 8. The van der Waals surface area contributed by atoms with Gasteiger partial charge >= 0.3 is 0 Å². The maximum Gasteiger partial charge on any atom is 0.270 e. The third kappa shape index (κ3) is 4.78. The number of H-pyrrole nitrogens is 1. The number of aromatic amines is 1. The zero-order valence-corrected chi connectivity index (χ0v) is 16.1. The van der Waals surface area contributed by atoms with Crippen LogP contribution < -0.4 is 15.7 Å². The van der Waals surface area contributed by atoms with E-state index in [9.17, 15) is 10.1 Å². The molecule has 0 aliphatic carbocycles. The molecular formula is C22H15N7O2. The standard InChI is InChI=1S/C22H15N7O2/c23-12-18-20(16-6-2-1-3-7-16)27-22(28-21(18)30)29-26-13-15-5-4-8-17(11-15)31-19-14-24-9-10-25-19/h1-11,13-14H,(H2,27,28,29,30). The van der Waals surface area contributed by atoms with Gasteiger partial charge in [-0.15, -0.1) is 0 Å². The molecule has 31 heavy (non-hydrogen) atoms. The van der Waals surface area contributed by atoms with Crippen LogP contribution in [0.5, 0.6) is 11.6 Å². The van der Waals surface area contributed by atoms with Crippen molar-refractivity contribution in [1.29, 1.82) is 5.26 Å². The lowest BCUT2D eigenvalue weighted by Crippen LogP contribution is -2.16. The van der Waals surface area contributed by atoms with Gasteiger partial charge in [0.1, 0.15) is 17.4 Å². The Bertz CT molecular complexity index is 1310. The lowest BCUT2D eigenvalue weighted by Gasteiger charge is -2.06. The second-order valence-electron chi connectivity index (χ2n) is 6.20. The van der Waals surface area contributed by atoms with Gasteiger partial charge in [0.05, 0.1) is 18.1 Å². The summed E-state index contributed by atoms with van der Waals surface area (Å²) < 4.78 is 5.64. The number of ether oxygens (including phenoxy) is 1. The third-order valence-corrected chi connectivity index (χ3v) is 4.08. The molecule has 0 unspecified atom stereocenters. The molecular weight excluding hydrogens is 394 g/mol. The predicted octanol–water partition coefficient (Wildman–Crippen LogP) is 3.34. The molecule has 9 nitrogen and oxygen atoms in total. The molecule has 4 rings (SSSR count). The molecule has 150 valence electrons. The van der Waals surface area contributed by atoms with Gasteiger partial charge < -0.3 is 4.74 Å². The average Bonchev–Trinajstić information content (AvgIpc) is 2.80. The summed E-state index contributed by atoms with van der Waals surface area (Å²) in [6.07, 6.45) is 6.16. The number of nitrogens with zero attached hydrogens (tertiary/aromatic N) is 5. The summed E-state index contributed by atoms with van der Waals surface area (Å²) in [5.74, 6) is 1.06. The van der Waals surface area contributed by atoms with Crippen LogP contribution >= 0.6 is 0 Å². The van der Waals surface area contributed by atoms with Crippen molar-refractivity contribution in [1.82, 2.24) is 19.9 Å². The first kappa shape index (κ1) is 19.5. The van der Waals surface area contributed by atoms with Crippen molar-refractivity contribution in [2.45, 2.75) is 0 Å². The van der Waals surface area contributed by atoms with Crippen LogP contribution in [0.3, 0.4) is 0 Å². The number of aromatic nitrogens is 4. The predicted molar refractivity (Wildman–Crippen MR) is 115 cm³/mol. The molecule has 2 heterocycles. The van der Waals surface area contributed by atoms with E-state index in [1.54, 1.807) is 55.0 Å². The van der Waals surface area contributed by atoms with E-state index in [0.717, 1.165) is 5.56 Å². The van der Waals surface area contributed by atoms with Crippen LogP contribution in [0.1, 0.15) is 11.1 Å². The number of nitriles is 1. The molecule has 2 aromatic carbocycles. The number of rotatable bonds is 6. The summed E-state index contributed by atoms with van der Waals surface area (Å²) in [5.41, 5.74) is 3.77. The molecule has 0 atom stereocenters. The largest absolute Gasteiger partial charge is 0.437 e. The fourth-order valence-electron chi connectivity index (χ4n) is 2.72. The molecule has 0 spiro atoms. The maximum atomic E-state index is 12.3. The van der Waals surface area contributed by atoms with E-state index in [4.69, 9.17) is 4.74 Å². The van der Waals surface area contributed by atoms with E-state index in [1.165, 1.54) is 6.20 Å². The molecule has 2 aromatic heterocycles. The van der Waals surface area contributed by atoms with Crippen LogP contribution in [0.4, 0.5) is 5.95 Å². The van der Waals surface area contributed by atoms with E-state index < -0.39 is 5.56 Å². The minimum absolute atomic E-state index is 0.0606. The summed E-state index contributed by atoms with van der Waals surface area (Å²) in [5, 5.41) is 13.4. The molecule has 0 bridgehead atoms. The molecule has 0 radical (unpaired) electrons. The van der Waals surface area contributed by atoms with Gasteiger partial charge in [-0.1, -0.05) is 42.5 Å². The average molecular weight is 409 g/mol. The Morgan fingerprint density at radius 1 is 1.13 bits per heavy atom. The number of anilines is 1. The Morgan fingerprint density at radius 2 is 2.00 bits per heavy atom. The molecule has 0 saturated carbocycles. The van der Waals surface area contributed by atoms with Gasteiger partial charge in [-0.25, -0.2) is 15.4 Å². The van der Waals surface area contributed by atoms with E-state index in [-0.39, 0.29) is 17.2 Å². The lowest BCUT2D eigenvalue weighted by atomic mass is 10.1. The molecule has 9 heteroatoms. The summed E-state index contributed by atoms with van der Waals surface area (Å²) in [7, 11) is 0. The van der Waals surface area contributed by atoms with Crippen LogP contribution in [-0.4, -0.2) is 26.2 Å².